The maximum absolute atomic E-state index is 12.5. The van der Waals surface area contributed by atoms with Crippen molar-refractivity contribution in [1.82, 2.24) is 0 Å². The second-order valence-electron chi connectivity index (χ2n) is 6.34. The summed E-state index contributed by atoms with van der Waals surface area (Å²) in [6.07, 6.45) is 2.18. The van der Waals surface area contributed by atoms with Crippen LogP contribution >= 0.6 is 0 Å². The number of carboxylic acid groups (broad SMARTS) is 1. The van der Waals surface area contributed by atoms with Gasteiger partial charge < -0.3 is 19.9 Å². The Hall–Kier alpha value is -3.79. The average Bonchev–Trinajstić information content (AvgIpc) is 3.06. The van der Waals surface area contributed by atoms with E-state index < -0.39 is 11.9 Å². The van der Waals surface area contributed by atoms with Gasteiger partial charge in [-0.15, -0.1) is 0 Å². The van der Waals surface area contributed by atoms with Gasteiger partial charge in [-0.25, -0.2) is 4.79 Å². The number of carbonyl (C=O) groups excluding carboxylic acids is 1. The van der Waals surface area contributed by atoms with Crippen molar-refractivity contribution in [3.63, 3.8) is 0 Å². The van der Waals surface area contributed by atoms with Gasteiger partial charge in [-0.3, -0.25) is 4.79 Å². The Morgan fingerprint density at radius 1 is 1.32 bits per heavy atom. The number of hydrogen-bond acceptors (Lipinski definition) is 5. The number of aromatic carboxylic acids is 1. The van der Waals surface area contributed by atoms with Gasteiger partial charge in [0, 0.05) is 23.2 Å². The molecule has 2 aromatic carbocycles. The smallest absolute Gasteiger partial charge is 0.335 e. The van der Waals surface area contributed by atoms with Gasteiger partial charge in [0.25, 0.3) is 5.91 Å². The minimum atomic E-state index is -1.06. The molecule has 7 nitrogen and oxygen atoms in total. The fourth-order valence-corrected chi connectivity index (χ4v) is 2.95. The molecule has 1 unspecified atom stereocenters. The molecule has 7 heteroatoms. The summed E-state index contributed by atoms with van der Waals surface area (Å²) < 4.78 is 11.1. The summed E-state index contributed by atoms with van der Waals surface area (Å²) in [5.41, 5.74) is 1.93. The lowest BCUT2D eigenvalue weighted by molar-refractivity contribution is -0.112. The number of nitrogens with one attached hydrogen (secondary N) is 1. The lowest BCUT2D eigenvalue weighted by atomic mass is 10.0. The molecular weight excluding hydrogens is 360 g/mol. The highest BCUT2D eigenvalue weighted by Crippen LogP contribution is 2.37. The number of carboxylic acids is 1. The molecule has 1 aliphatic heterocycles. The Morgan fingerprint density at radius 3 is 2.64 bits per heavy atom. The van der Waals surface area contributed by atoms with E-state index in [-0.39, 0.29) is 17.2 Å². The van der Waals surface area contributed by atoms with Gasteiger partial charge in [-0.2, -0.15) is 5.26 Å². The van der Waals surface area contributed by atoms with E-state index in [0.717, 1.165) is 12.0 Å². The van der Waals surface area contributed by atoms with Crippen LogP contribution in [0.5, 0.6) is 11.5 Å². The quantitative estimate of drug-likeness (QED) is 0.611. The minimum absolute atomic E-state index is 0.00127. The van der Waals surface area contributed by atoms with Gasteiger partial charge in [0.1, 0.15) is 29.2 Å². The molecule has 28 heavy (non-hydrogen) atoms. The van der Waals surface area contributed by atoms with E-state index in [9.17, 15) is 14.9 Å². The van der Waals surface area contributed by atoms with Gasteiger partial charge in [0.15, 0.2) is 0 Å². The zero-order valence-electron chi connectivity index (χ0n) is 15.4. The highest BCUT2D eigenvalue weighted by atomic mass is 16.5. The van der Waals surface area contributed by atoms with E-state index in [4.69, 9.17) is 14.6 Å². The zero-order valence-corrected chi connectivity index (χ0v) is 15.4. The molecule has 0 aliphatic carbocycles. The average molecular weight is 378 g/mol. The molecule has 2 aromatic rings. The Bertz CT molecular complexity index is 1000. The minimum Gasteiger partial charge on any atom is -0.497 e. The summed E-state index contributed by atoms with van der Waals surface area (Å²) in [5, 5.41) is 21.0. The Kier molecular flexibility index (Phi) is 5.32. The molecule has 1 amide bonds. The fourth-order valence-electron chi connectivity index (χ4n) is 2.95. The number of hydrogen-bond donors (Lipinski definition) is 2. The van der Waals surface area contributed by atoms with Crippen LogP contribution in [0.2, 0.25) is 0 Å². The Morgan fingerprint density at radius 2 is 2.04 bits per heavy atom. The maximum atomic E-state index is 12.5. The van der Waals surface area contributed by atoms with Crippen LogP contribution in [0.3, 0.4) is 0 Å². The second-order valence-corrected chi connectivity index (χ2v) is 6.34. The fraction of sp³-hybridized carbons (Fsp3) is 0.190. The molecule has 0 saturated carbocycles. The van der Waals surface area contributed by atoms with E-state index in [1.165, 1.54) is 30.3 Å². The number of nitriles is 1. The monoisotopic (exact) mass is 378 g/mol. The van der Waals surface area contributed by atoms with E-state index in [2.05, 4.69) is 5.32 Å². The van der Waals surface area contributed by atoms with E-state index in [1.54, 1.807) is 13.2 Å². The Labute approximate surface area is 161 Å². The second kappa shape index (κ2) is 7.84. The molecule has 1 heterocycles. The summed E-state index contributed by atoms with van der Waals surface area (Å²) in [5.74, 6) is -0.408. The van der Waals surface area contributed by atoms with Crippen LogP contribution in [0.15, 0.2) is 42.0 Å². The first kappa shape index (κ1) is 19.0. The molecule has 142 valence electrons. The first-order valence-electron chi connectivity index (χ1n) is 8.55. The molecular formula is C21H18N2O5. The number of methoxy groups -OCH3 is 1. The van der Waals surface area contributed by atoms with Crippen molar-refractivity contribution in [1.29, 1.82) is 5.26 Å². The number of fused-ring (bicyclic) bond motifs is 1. The van der Waals surface area contributed by atoms with Crippen LogP contribution in [-0.4, -0.2) is 30.2 Å². The van der Waals surface area contributed by atoms with Crippen LogP contribution in [0.1, 0.15) is 28.4 Å². The number of anilines is 1. The van der Waals surface area contributed by atoms with Crippen molar-refractivity contribution in [2.45, 2.75) is 19.4 Å². The van der Waals surface area contributed by atoms with Crippen LogP contribution in [0.25, 0.3) is 6.08 Å². The van der Waals surface area contributed by atoms with Gasteiger partial charge in [-0.05, 0) is 49.4 Å². The van der Waals surface area contributed by atoms with Gasteiger partial charge in [0.05, 0.1) is 12.7 Å². The van der Waals surface area contributed by atoms with Crippen molar-refractivity contribution in [2.75, 3.05) is 12.4 Å². The van der Waals surface area contributed by atoms with Crippen LogP contribution in [-0.2, 0) is 11.2 Å². The summed E-state index contributed by atoms with van der Waals surface area (Å²) in [6, 6.07) is 11.2. The zero-order chi connectivity index (χ0) is 20.3. The maximum Gasteiger partial charge on any atom is 0.335 e. The molecule has 0 saturated heterocycles. The topological polar surface area (TPSA) is 109 Å². The summed E-state index contributed by atoms with van der Waals surface area (Å²) in [6.45, 7) is 1.94. The van der Waals surface area contributed by atoms with E-state index >= 15 is 0 Å². The van der Waals surface area contributed by atoms with Crippen molar-refractivity contribution in [3.8, 4) is 17.6 Å². The molecule has 0 spiro atoms. The van der Waals surface area contributed by atoms with Crippen molar-refractivity contribution < 1.29 is 24.2 Å². The molecule has 1 atom stereocenters. The standard InChI is InChI=1S/C21H18N2O5/c1-12-7-14-9-18(27-2)10-15(19(14)28-12)8-16(11-22)20(24)23-17-5-3-13(4-6-17)21(25)26/h3-6,8-10,12H,7H2,1-2H3,(H,23,24)(H,25,26)/b16-8+. The van der Waals surface area contributed by atoms with Crippen molar-refractivity contribution in [3.05, 3.63) is 58.7 Å². The van der Waals surface area contributed by atoms with Gasteiger partial charge >= 0.3 is 5.97 Å². The van der Waals surface area contributed by atoms with Crippen molar-refractivity contribution in [2.24, 2.45) is 0 Å². The highest BCUT2D eigenvalue weighted by molar-refractivity contribution is 6.10. The number of rotatable bonds is 5. The molecule has 0 aromatic heterocycles. The SMILES string of the molecule is COc1cc(/C=C(\C#N)C(=O)Nc2ccc(C(=O)O)cc2)c2c(c1)CC(C)O2. The van der Waals surface area contributed by atoms with E-state index in [1.807, 2.05) is 19.1 Å². The summed E-state index contributed by atoms with van der Waals surface area (Å²) >= 11 is 0. The Balaban J connectivity index is 1.88. The third-order valence-corrected chi connectivity index (χ3v) is 4.28. The number of ether oxygens (including phenoxy) is 2. The lowest BCUT2D eigenvalue weighted by Crippen LogP contribution is -2.13. The number of amides is 1. The number of nitrogens with zero attached hydrogens (tertiary/aromatic N) is 1. The third-order valence-electron chi connectivity index (χ3n) is 4.28. The van der Waals surface area contributed by atoms with Gasteiger partial charge in [0.2, 0.25) is 0 Å². The molecule has 0 radical (unpaired) electrons. The van der Waals surface area contributed by atoms with Crippen LogP contribution in [0.4, 0.5) is 5.69 Å². The third kappa shape index (κ3) is 3.96. The molecule has 0 fully saturated rings. The van der Waals surface area contributed by atoms with Gasteiger partial charge in [-0.1, -0.05) is 0 Å². The van der Waals surface area contributed by atoms with E-state index in [0.29, 0.717) is 22.7 Å². The summed E-state index contributed by atoms with van der Waals surface area (Å²) in [4.78, 5) is 23.4. The number of benzene rings is 2. The predicted octanol–water partition coefficient (Wildman–Crippen LogP) is 3.26. The van der Waals surface area contributed by atoms with Crippen molar-refractivity contribution >= 4 is 23.6 Å². The van der Waals surface area contributed by atoms with Crippen LogP contribution < -0.4 is 14.8 Å². The largest absolute Gasteiger partial charge is 0.497 e. The highest BCUT2D eigenvalue weighted by Gasteiger charge is 2.23. The first-order valence-corrected chi connectivity index (χ1v) is 8.55. The number of carbonyl (C=O) groups is 2. The molecule has 2 N–H and O–H groups in total. The molecule has 0 bridgehead atoms. The molecule has 3 rings (SSSR count). The first-order chi connectivity index (χ1) is 13.4. The lowest BCUT2D eigenvalue weighted by Gasteiger charge is -2.10. The predicted molar refractivity (Wildman–Crippen MR) is 102 cm³/mol. The normalized spacial score (nSPS) is 15.2. The summed E-state index contributed by atoms with van der Waals surface area (Å²) in [7, 11) is 1.55. The molecule has 1 aliphatic rings. The van der Waals surface area contributed by atoms with Crippen LogP contribution in [0, 0.1) is 11.3 Å².